The summed E-state index contributed by atoms with van der Waals surface area (Å²) in [6.45, 7) is 0. The largest absolute Gasteiger partial charge is 0.416 e. The minimum absolute atomic E-state index is 0.132. The molecule has 0 aliphatic rings. The lowest BCUT2D eigenvalue weighted by atomic mass is 10.1. The first-order chi connectivity index (χ1) is 6.30. The molecule has 14 heavy (non-hydrogen) atoms. The SMILES string of the molecule is NC(=S)c1cc(F)cc(C(F)(F)F)c1. The van der Waals surface area contributed by atoms with Gasteiger partial charge in [-0.1, -0.05) is 12.2 Å². The third kappa shape index (κ3) is 2.41. The van der Waals surface area contributed by atoms with E-state index in [9.17, 15) is 17.6 Å². The summed E-state index contributed by atoms with van der Waals surface area (Å²) in [4.78, 5) is -0.269. The van der Waals surface area contributed by atoms with Crippen molar-refractivity contribution in [3.05, 3.63) is 35.1 Å². The Morgan fingerprint density at radius 1 is 1.21 bits per heavy atom. The molecule has 0 heterocycles. The van der Waals surface area contributed by atoms with Crippen LogP contribution in [0.1, 0.15) is 11.1 Å². The van der Waals surface area contributed by atoms with Crippen molar-refractivity contribution in [1.29, 1.82) is 0 Å². The summed E-state index contributed by atoms with van der Waals surface area (Å²) in [5, 5.41) is 0. The first-order valence-corrected chi connectivity index (χ1v) is 3.89. The van der Waals surface area contributed by atoms with Gasteiger partial charge in [0.15, 0.2) is 0 Å². The summed E-state index contributed by atoms with van der Waals surface area (Å²) in [6.07, 6.45) is -4.60. The van der Waals surface area contributed by atoms with E-state index in [0.717, 1.165) is 6.07 Å². The quantitative estimate of drug-likeness (QED) is 0.584. The number of alkyl halides is 3. The van der Waals surface area contributed by atoms with Crippen LogP contribution in [0.5, 0.6) is 0 Å². The molecule has 0 aliphatic heterocycles. The van der Waals surface area contributed by atoms with Crippen molar-refractivity contribution in [1.82, 2.24) is 0 Å². The molecule has 0 saturated heterocycles. The van der Waals surface area contributed by atoms with Crippen LogP contribution >= 0.6 is 12.2 Å². The molecular formula is C8H5F4NS. The molecule has 0 unspecified atom stereocenters. The van der Waals surface area contributed by atoms with Crippen LogP contribution in [0, 0.1) is 5.82 Å². The van der Waals surface area contributed by atoms with E-state index in [0.29, 0.717) is 12.1 Å². The van der Waals surface area contributed by atoms with Crippen molar-refractivity contribution in [2.75, 3.05) is 0 Å². The van der Waals surface area contributed by atoms with Gasteiger partial charge in [0.25, 0.3) is 0 Å². The van der Waals surface area contributed by atoms with Gasteiger partial charge in [0, 0.05) is 5.56 Å². The summed E-state index contributed by atoms with van der Waals surface area (Å²) in [6, 6.07) is 1.96. The number of benzene rings is 1. The predicted octanol–water partition coefficient (Wildman–Crippen LogP) is 2.48. The van der Waals surface area contributed by atoms with Crippen LogP contribution in [-0.2, 0) is 6.18 Å². The molecule has 0 radical (unpaired) electrons. The zero-order valence-corrected chi connectivity index (χ0v) is 7.55. The first-order valence-electron chi connectivity index (χ1n) is 3.48. The smallest absolute Gasteiger partial charge is 0.389 e. The summed E-state index contributed by atoms with van der Waals surface area (Å²) in [5.41, 5.74) is 3.86. The molecule has 1 rings (SSSR count). The van der Waals surface area contributed by atoms with Crippen LogP contribution in [0.4, 0.5) is 17.6 Å². The van der Waals surface area contributed by atoms with Crippen LogP contribution in [0.2, 0.25) is 0 Å². The molecule has 0 fully saturated rings. The maximum atomic E-state index is 12.7. The number of thiocarbonyl (C=S) groups is 1. The van der Waals surface area contributed by atoms with E-state index in [1.54, 1.807) is 0 Å². The van der Waals surface area contributed by atoms with E-state index in [2.05, 4.69) is 12.2 Å². The van der Waals surface area contributed by atoms with Gasteiger partial charge in [-0.05, 0) is 18.2 Å². The molecule has 6 heteroatoms. The summed E-state index contributed by atoms with van der Waals surface area (Å²) in [5.74, 6) is -1.01. The van der Waals surface area contributed by atoms with Crippen LogP contribution in [0.25, 0.3) is 0 Å². The van der Waals surface area contributed by atoms with Gasteiger partial charge in [-0.2, -0.15) is 13.2 Å². The molecule has 1 nitrogen and oxygen atoms in total. The van der Waals surface area contributed by atoms with E-state index in [4.69, 9.17) is 5.73 Å². The van der Waals surface area contributed by atoms with E-state index >= 15 is 0 Å². The van der Waals surface area contributed by atoms with Crippen molar-refractivity contribution in [2.45, 2.75) is 6.18 Å². The molecule has 0 aliphatic carbocycles. The lowest BCUT2D eigenvalue weighted by Gasteiger charge is -2.08. The van der Waals surface area contributed by atoms with Gasteiger partial charge in [-0.15, -0.1) is 0 Å². The lowest BCUT2D eigenvalue weighted by molar-refractivity contribution is -0.137. The lowest BCUT2D eigenvalue weighted by Crippen LogP contribution is -2.13. The fourth-order valence-electron chi connectivity index (χ4n) is 0.896. The average Bonchev–Trinajstić information content (AvgIpc) is 2.01. The van der Waals surface area contributed by atoms with Gasteiger partial charge in [-0.3, -0.25) is 0 Å². The molecule has 0 atom stereocenters. The first kappa shape index (κ1) is 10.9. The highest BCUT2D eigenvalue weighted by Crippen LogP contribution is 2.30. The number of halogens is 4. The molecule has 1 aromatic carbocycles. The number of hydrogen-bond donors (Lipinski definition) is 1. The van der Waals surface area contributed by atoms with E-state index in [1.807, 2.05) is 0 Å². The highest BCUT2D eigenvalue weighted by atomic mass is 32.1. The van der Waals surface area contributed by atoms with Gasteiger partial charge in [0.1, 0.15) is 10.8 Å². The highest BCUT2D eigenvalue weighted by molar-refractivity contribution is 7.80. The maximum Gasteiger partial charge on any atom is 0.416 e. The Balaban J connectivity index is 3.28. The van der Waals surface area contributed by atoms with Crippen molar-refractivity contribution in [2.24, 2.45) is 5.73 Å². The molecule has 0 spiro atoms. The standard InChI is InChI=1S/C8H5F4NS/c9-6-2-4(7(13)14)1-5(3-6)8(10,11)12/h1-3H,(H2,13,14). The molecule has 1 aromatic rings. The molecule has 0 amide bonds. The fourth-order valence-corrected chi connectivity index (χ4v) is 1.01. The Bertz CT molecular complexity index is 372. The molecule has 0 bridgehead atoms. The monoisotopic (exact) mass is 223 g/mol. The van der Waals surface area contributed by atoms with Crippen LogP contribution in [0.3, 0.4) is 0 Å². The minimum atomic E-state index is -4.60. The zero-order chi connectivity index (χ0) is 10.9. The Morgan fingerprint density at radius 2 is 1.79 bits per heavy atom. The number of hydrogen-bond acceptors (Lipinski definition) is 1. The van der Waals surface area contributed by atoms with Gasteiger partial charge in [0.2, 0.25) is 0 Å². The number of rotatable bonds is 1. The average molecular weight is 223 g/mol. The van der Waals surface area contributed by atoms with E-state index in [-0.39, 0.29) is 10.6 Å². The maximum absolute atomic E-state index is 12.7. The second-order valence-electron chi connectivity index (χ2n) is 2.59. The molecule has 0 saturated carbocycles. The Hall–Kier alpha value is -1.17. The fraction of sp³-hybridized carbons (Fsp3) is 0.125. The molecule has 76 valence electrons. The third-order valence-electron chi connectivity index (χ3n) is 1.51. The third-order valence-corrected chi connectivity index (χ3v) is 1.75. The van der Waals surface area contributed by atoms with Crippen molar-refractivity contribution < 1.29 is 17.6 Å². The number of nitrogens with two attached hydrogens (primary N) is 1. The Labute approximate surface area is 82.5 Å². The van der Waals surface area contributed by atoms with Crippen molar-refractivity contribution in [3.63, 3.8) is 0 Å². The van der Waals surface area contributed by atoms with Crippen LogP contribution < -0.4 is 5.73 Å². The van der Waals surface area contributed by atoms with Gasteiger partial charge in [-0.25, -0.2) is 4.39 Å². The Kier molecular flexibility index (Phi) is 2.75. The second-order valence-corrected chi connectivity index (χ2v) is 3.03. The normalized spacial score (nSPS) is 11.4. The zero-order valence-electron chi connectivity index (χ0n) is 6.73. The van der Waals surface area contributed by atoms with Crippen molar-refractivity contribution >= 4 is 17.2 Å². The minimum Gasteiger partial charge on any atom is -0.389 e. The van der Waals surface area contributed by atoms with Gasteiger partial charge in [0.05, 0.1) is 5.56 Å². The summed E-state index contributed by atoms with van der Waals surface area (Å²) >= 11 is 4.45. The molecular weight excluding hydrogens is 218 g/mol. The predicted molar refractivity (Wildman–Crippen MR) is 47.3 cm³/mol. The summed E-state index contributed by atoms with van der Waals surface area (Å²) in [7, 11) is 0. The van der Waals surface area contributed by atoms with Crippen molar-refractivity contribution in [3.8, 4) is 0 Å². The topological polar surface area (TPSA) is 26.0 Å². The van der Waals surface area contributed by atoms with Gasteiger partial charge < -0.3 is 5.73 Å². The molecule has 0 aromatic heterocycles. The van der Waals surface area contributed by atoms with E-state index in [1.165, 1.54) is 0 Å². The van der Waals surface area contributed by atoms with Crippen LogP contribution in [-0.4, -0.2) is 4.99 Å². The summed E-state index contributed by atoms with van der Waals surface area (Å²) < 4.78 is 49.2. The van der Waals surface area contributed by atoms with Crippen LogP contribution in [0.15, 0.2) is 18.2 Å². The Morgan fingerprint density at radius 3 is 2.21 bits per heavy atom. The second kappa shape index (κ2) is 3.53. The van der Waals surface area contributed by atoms with E-state index < -0.39 is 17.6 Å². The highest BCUT2D eigenvalue weighted by Gasteiger charge is 2.31. The molecule has 2 N–H and O–H groups in total. The van der Waals surface area contributed by atoms with Gasteiger partial charge >= 0.3 is 6.18 Å².